The minimum absolute atomic E-state index is 0.214. The van der Waals surface area contributed by atoms with Gasteiger partial charge in [-0.3, -0.25) is 0 Å². The van der Waals surface area contributed by atoms with E-state index in [2.05, 4.69) is 11.6 Å². The van der Waals surface area contributed by atoms with Crippen LogP contribution in [0, 0.1) is 0 Å². The molecule has 0 fully saturated rings. The van der Waals surface area contributed by atoms with Crippen molar-refractivity contribution in [1.82, 2.24) is 0 Å². The Morgan fingerprint density at radius 3 is 2.47 bits per heavy atom. The normalized spacial score (nSPS) is 10.6. The van der Waals surface area contributed by atoms with Crippen LogP contribution in [0.15, 0.2) is 35.8 Å². The van der Waals surface area contributed by atoms with Gasteiger partial charge in [-0.05, 0) is 6.07 Å². The summed E-state index contributed by atoms with van der Waals surface area (Å²) in [6.07, 6.45) is -3.34. The van der Waals surface area contributed by atoms with E-state index in [1.165, 1.54) is 18.2 Å². The van der Waals surface area contributed by atoms with Crippen LogP contribution in [0.2, 0.25) is 0 Å². The van der Waals surface area contributed by atoms with E-state index >= 15 is 0 Å². The van der Waals surface area contributed by atoms with Gasteiger partial charge in [0.1, 0.15) is 0 Å². The first-order chi connectivity index (χ1) is 6.96. The van der Waals surface area contributed by atoms with Crippen molar-refractivity contribution in [3.63, 3.8) is 0 Å². The number of carbonyl (C=O) groups excluding carboxylic acids is 1. The highest BCUT2D eigenvalue weighted by Crippen LogP contribution is 2.34. The molecule has 1 rings (SSSR count). The zero-order chi connectivity index (χ0) is 11.5. The lowest BCUT2D eigenvalue weighted by Crippen LogP contribution is -2.07. The van der Waals surface area contributed by atoms with Crippen molar-refractivity contribution in [3.8, 4) is 0 Å². The minimum atomic E-state index is -4.49. The lowest BCUT2D eigenvalue weighted by Gasteiger charge is -2.11. The monoisotopic (exact) mass is 213 g/mol. The predicted octanol–water partition coefficient (Wildman–Crippen LogP) is 3.01. The molecule has 1 aromatic rings. The minimum Gasteiger partial charge on any atom is -0.211 e. The molecule has 0 aliphatic heterocycles. The van der Waals surface area contributed by atoms with E-state index in [1.807, 2.05) is 0 Å². The van der Waals surface area contributed by atoms with Gasteiger partial charge in [-0.1, -0.05) is 24.8 Å². The third-order valence-electron chi connectivity index (χ3n) is 1.72. The summed E-state index contributed by atoms with van der Waals surface area (Å²) >= 11 is 0. The largest absolute Gasteiger partial charge is 0.417 e. The van der Waals surface area contributed by atoms with Gasteiger partial charge in [-0.2, -0.15) is 18.2 Å². The van der Waals surface area contributed by atoms with Crippen LogP contribution in [-0.2, 0) is 11.0 Å². The topological polar surface area (TPSA) is 29.4 Å². The maximum atomic E-state index is 12.5. The average Bonchev–Trinajstić information content (AvgIpc) is 2.17. The Morgan fingerprint density at radius 1 is 1.33 bits per heavy atom. The van der Waals surface area contributed by atoms with Gasteiger partial charge in [0.05, 0.1) is 11.3 Å². The number of isocyanates is 1. The third-order valence-corrected chi connectivity index (χ3v) is 1.72. The maximum absolute atomic E-state index is 12.5. The lowest BCUT2D eigenvalue weighted by molar-refractivity contribution is -0.137. The molecule has 0 N–H and O–H groups in total. The fourth-order valence-corrected chi connectivity index (χ4v) is 1.10. The summed E-state index contributed by atoms with van der Waals surface area (Å²) in [4.78, 5) is 13.0. The highest BCUT2D eigenvalue weighted by atomic mass is 19.4. The Kier molecular flexibility index (Phi) is 3.07. The first-order valence-electron chi connectivity index (χ1n) is 3.90. The van der Waals surface area contributed by atoms with Crippen LogP contribution in [0.5, 0.6) is 0 Å². The first-order valence-corrected chi connectivity index (χ1v) is 3.90. The maximum Gasteiger partial charge on any atom is 0.417 e. The number of benzene rings is 1. The van der Waals surface area contributed by atoms with Crippen molar-refractivity contribution in [3.05, 3.63) is 42.0 Å². The van der Waals surface area contributed by atoms with Crippen LogP contribution in [0.1, 0.15) is 11.1 Å². The number of rotatable bonds is 2. The highest BCUT2D eigenvalue weighted by molar-refractivity contribution is 5.69. The summed E-state index contributed by atoms with van der Waals surface area (Å²) in [5.74, 6) is 0. The Balaban J connectivity index is 3.30. The second kappa shape index (κ2) is 4.11. The lowest BCUT2D eigenvalue weighted by atomic mass is 10.1. The van der Waals surface area contributed by atoms with Crippen molar-refractivity contribution in [2.75, 3.05) is 0 Å². The fourth-order valence-electron chi connectivity index (χ4n) is 1.10. The Morgan fingerprint density at radius 2 is 1.93 bits per heavy atom. The van der Waals surface area contributed by atoms with E-state index in [4.69, 9.17) is 0 Å². The van der Waals surface area contributed by atoms with Crippen LogP contribution >= 0.6 is 0 Å². The molecule has 0 aliphatic carbocycles. The van der Waals surface area contributed by atoms with E-state index in [9.17, 15) is 18.0 Å². The van der Waals surface area contributed by atoms with Gasteiger partial charge in [0.25, 0.3) is 0 Å². The Labute approximate surface area is 83.8 Å². The summed E-state index contributed by atoms with van der Waals surface area (Å²) in [5, 5.41) is 0. The molecule has 2 nitrogen and oxygen atoms in total. The summed E-state index contributed by atoms with van der Waals surface area (Å²) in [5.41, 5.74) is -1.33. The van der Waals surface area contributed by atoms with E-state index < -0.39 is 11.7 Å². The molecule has 5 heteroatoms. The molecule has 15 heavy (non-hydrogen) atoms. The molecule has 0 atom stereocenters. The van der Waals surface area contributed by atoms with Gasteiger partial charge < -0.3 is 0 Å². The molecule has 1 aromatic carbocycles. The fraction of sp³-hybridized carbons (Fsp3) is 0.100. The quantitative estimate of drug-likeness (QED) is 0.548. The van der Waals surface area contributed by atoms with Gasteiger partial charge >= 0.3 is 6.18 Å². The Hall–Kier alpha value is -1.87. The van der Waals surface area contributed by atoms with Crippen LogP contribution in [-0.4, -0.2) is 6.08 Å². The molecule has 78 valence electrons. The molecule has 0 amide bonds. The summed E-state index contributed by atoms with van der Waals surface area (Å²) in [6, 6.07) is 4.77. The van der Waals surface area contributed by atoms with Gasteiger partial charge in [-0.25, -0.2) is 4.79 Å². The molecule has 0 heterocycles. The van der Waals surface area contributed by atoms with E-state index in [0.29, 0.717) is 0 Å². The number of aliphatic imine (C=N–C) groups is 1. The second-order valence-corrected chi connectivity index (χ2v) is 2.69. The van der Waals surface area contributed by atoms with Crippen molar-refractivity contribution < 1.29 is 18.0 Å². The number of hydrogen-bond acceptors (Lipinski definition) is 2. The number of hydrogen-bond donors (Lipinski definition) is 0. The molecule has 0 aromatic heterocycles. The Bertz CT molecular complexity index is 431. The molecule has 0 saturated heterocycles. The molecule has 0 unspecified atom stereocenters. The summed E-state index contributed by atoms with van der Waals surface area (Å²) in [7, 11) is 0. The van der Waals surface area contributed by atoms with Crippen LogP contribution in [0.3, 0.4) is 0 Å². The zero-order valence-electron chi connectivity index (χ0n) is 7.51. The zero-order valence-corrected chi connectivity index (χ0v) is 7.51. The van der Waals surface area contributed by atoms with Crippen LogP contribution in [0.25, 0.3) is 5.70 Å². The first kappa shape index (κ1) is 11.2. The smallest absolute Gasteiger partial charge is 0.211 e. The van der Waals surface area contributed by atoms with E-state index in [-0.39, 0.29) is 11.3 Å². The van der Waals surface area contributed by atoms with Gasteiger partial charge in [0.2, 0.25) is 6.08 Å². The van der Waals surface area contributed by atoms with Gasteiger partial charge in [0.15, 0.2) is 0 Å². The predicted molar refractivity (Wildman–Crippen MR) is 48.6 cm³/mol. The number of nitrogens with zero attached hydrogens (tertiary/aromatic N) is 1. The van der Waals surface area contributed by atoms with Crippen molar-refractivity contribution in [1.29, 1.82) is 0 Å². The number of alkyl halides is 3. The summed E-state index contributed by atoms with van der Waals surface area (Å²) < 4.78 is 37.4. The number of halogens is 3. The molecule has 0 spiro atoms. The SMILES string of the molecule is C=C(N=C=O)c1ccccc1C(F)(F)F. The third kappa shape index (κ3) is 2.54. The average molecular weight is 213 g/mol. The van der Waals surface area contributed by atoms with Gasteiger partial charge in [-0.15, -0.1) is 0 Å². The van der Waals surface area contributed by atoms with Crippen LogP contribution in [0.4, 0.5) is 13.2 Å². The van der Waals surface area contributed by atoms with Crippen molar-refractivity contribution in [2.45, 2.75) is 6.18 Å². The highest BCUT2D eigenvalue weighted by Gasteiger charge is 2.33. The van der Waals surface area contributed by atoms with Crippen molar-refractivity contribution >= 4 is 11.8 Å². The molecule has 0 radical (unpaired) electrons. The van der Waals surface area contributed by atoms with Crippen LogP contribution < -0.4 is 0 Å². The van der Waals surface area contributed by atoms with E-state index in [0.717, 1.165) is 12.1 Å². The van der Waals surface area contributed by atoms with E-state index in [1.54, 1.807) is 0 Å². The molecule has 0 bridgehead atoms. The second-order valence-electron chi connectivity index (χ2n) is 2.69. The molecular formula is C10H6F3NO. The summed E-state index contributed by atoms with van der Waals surface area (Å²) in [6.45, 7) is 3.26. The molecule has 0 saturated carbocycles. The van der Waals surface area contributed by atoms with Crippen molar-refractivity contribution in [2.24, 2.45) is 4.99 Å². The standard InChI is InChI=1S/C10H6F3NO/c1-7(14-6-15)8-4-2-3-5-9(8)10(11,12)13/h2-5H,1H2. The molecular weight excluding hydrogens is 207 g/mol. The molecule has 0 aliphatic rings. The van der Waals surface area contributed by atoms with Gasteiger partial charge in [0, 0.05) is 5.56 Å².